The summed E-state index contributed by atoms with van der Waals surface area (Å²) < 4.78 is 13.3. The number of carboxylic acids is 1. The fourth-order valence-electron chi connectivity index (χ4n) is 1.50. The number of carbonyl (C=O) groups is 1. The number of carboxylic acid groups (broad SMARTS) is 1. The van der Waals surface area contributed by atoms with E-state index in [1.165, 1.54) is 6.07 Å². The predicted octanol–water partition coefficient (Wildman–Crippen LogP) is 2.35. The van der Waals surface area contributed by atoms with E-state index in [9.17, 15) is 9.18 Å². The number of nitrogens with zero attached hydrogens (tertiary/aromatic N) is 1. The summed E-state index contributed by atoms with van der Waals surface area (Å²) in [5.41, 5.74) is 1.21. The average Bonchev–Trinajstić information content (AvgIpc) is 2.20. The summed E-state index contributed by atoms with van der Waals surface area (Å²) in [7, 11) is 1.70. The van der Waals surface area contributed by atoms with Crippen LogP contribution in [0.25, 0.3) is 0 Å². The third-order valence-electron chi connectivity index (χ3n) is 2.50. The van der Waals surface area contributed by atoms with Crippen LogP contribution in [0.15, 0.2) is 12.1 Å². The number of rotatable bonds is 5. The Morgan fingerprint density at radius 1 is 1.53 bits per heavy atom. The minimum atomic E-state index is -0.881. The molecule has 0 atom stereocenters. The second kappa shape index (κ2) is 5.98. The quantitative estimate of drug-likeness (QED) is 0.882. The summed E-state index contributed by atoms with van der Waals surface area (Å²) in [5.74, 6) is -1.17. The molecule has 0 fully saturated rings. The van der Waals surface area contributed by atoms with E-state index in [0.29, 0.717) is 29.1 Å². The van der Waals surface area contributed by atoms with Gasteiger partial charge in [0, 0.05) is 11.6 Å². The van der Waals surface area contributed by atoms with E-state index in [1.54, 1.807) is 24.9 Å². The van der Waals surface area contributed by atoms with Crippen LogP contribution in [0.3, 0.4) is 0 Å². The molecule has 94 valence electrons. The molecule has 0 aromatic heterocycles. The van der Waals surface area contributed by atoms with E-state index in [-0.39, 0.29) is 12.4 Å². The molecule has 0 heterocycles. The van der Waals surface area contributed by atoms with Crippen LogP contribution in [-0.2, 0) is 11.2 Å². The Hall–Kier alpha value is -1.13. The largest absolute Gasteiger partial charge is 0.480 e. The fraction of sp³-hybridized carbons (Fsp3) is 0.417. The summed E-state index contributed by atoms with van der Waals surface area (Å²) in [6.45, 7) is 2.14. The lowest BCUT2D eigenvalue weighted by atomic mass is 10.1. The van der Waals surface area contributed by atoms with Crippen molar-refractivity contribution in [1.82, 2.24) is 4.90 Å². The van der Waals surface area contributed by atoms with Crippen molar-refractivity contribution in [3.05, 3.63) is 34.1 Å². The van der Waals surface area contributed by atoms with Gasteiger partial charge in [-0.3, -0.25) is 9.69 Å². The Morgan fingerprint density at radius 2 is 2.18 bits per heavy atom. The van der Waals surface area contributed by atoms with Gasteiger partial charge in [0.15, 0.2) is 0 Å². The van der Waals surface area contributed by atoms with Crippen molar-refractivity contribution in [2.24, 2.45) is 0 Å². The van der Waals surface area contributed by atoms with Gasteiger partial charge in [0.05, 0.1) is 6.54 Å². The molecule has 0 saturated carbocycles. The molecule has 0 spiro atoms. The molecule has 1 rings (SSSR count). The summed E-state index contributed by atoms with van der Waals surface area (Å²) in [6, 6.07) is 3.00. The Balaban J connectivity index is 2.63. The van der Waals surface area contributed by atoms with Gasteiger partial charge >= 0.3 is 5.97 Å². The zero-order valence-electron chi connectivity index (χ0n) is 9.83. The molecule has 17 heavy (non-hydrogen) atoms. The lowest BCUT2D eigenvalue weighted by Gasteiger charge is -2.14. The van der Waals surface area contributed by atoms with Crippen LogP contribution in [0.4, 0.5) is 4.39 Å². The van der Waals surface area contributed by atoms with Crippen molar-refractivity contribution in [3.63, 3.8) is 0 Å². The highest BCUT2D eigenvalue weighted by atomic mass is 35.5. The van der Waals surface area contributed by atoms with Crippen molar-refractivity contribution in [2.45, 2.75) is 13.3 Å². The zero-order chi connectivity index (χ0) is 13.0. The monoisotopic (exact) mass is 259 g/mol. The number of halogens is 2. The summed E-state index contributed by atoms with van der Waals surface area (Å²) >= 11 is 5.99. The van der Waals surface area contributed by atoms with Crippen LogP contribution in [0, 0.1) is 12.7 Å². The van der Waals surface area contributed by atoms with Crippen molar-refractivity contribution < 1.29 is 14.3 Å². The summed E-state index contributed by atoms with van der Waals surface area (Å²) in [6.07, 6.45) is 0.528. The molecule has 3 nitrogen and oxygen atoms in total. The van der Waals surface area contributed by atoms with Crippen LogP contribution in [0.1, 0.15) is 11.1 Å². The van der Waals surface area contributed by atoms with Crippen molar-refractivity contribution in [1.29, 1.82) is 0 Å². The number of benzene rings is 1. The fourth-order valence-corrected chi connectivity index (χ4v) is 1.81. The van der Waals surface area contributed by atoms with E-state index >= 15 is 0 Å². The molecule has 0 aliphatic heterocycles. The zero-order valence-corrected chi connectivity index (χ0v) is 10.6. The first kappa shape index (κ1) is 13.9. The average molecular weight is 260 g/mol. The van der Waals surface area contributed by atoms with Crippen LogP contribution >= 0.6 is 11.6 Å². The van der Waals surface area contributed by atoms with Crippen LogP contribution in [-0.4, -0.2) is 36.1 Å². The Kier molecular flexibility index (Phi) is 4.90. The molecule has 0 aliphatic carbocycles. The van der Waals surface area contributed by atoms with Gasteiger partial charge in [0.25, 0.3) is 0 Å². The first-order chi connectivity index (χ1) is 7.90. The molecule has 0 amide bonds. The molecule has 0 unspecified atom stereocenters. The maximum atomic E-state index is 13.3. The molecule has 1 aromatic rings. The topological polar surface area (TPSA) is 40.5 Å². The molecule has 0 radical (unpaired) electrons. The van der Waals surface area contributed by atoms with Crippen molar-refractivity contribution in [3.8, 4) is 0 Å². The van der Waals surface area contributed by atoms with Gasteiger partial charge in [0.1, 0.15) is 5.82 Å². The van der Waals surface area contributed by atoms with Crippen LogP contribution in [0.2, 0.25) is 5.02 Å². The Bertz CT molecular complexity index is 423. The number of hydrogen-bond acceptors (Lipinski definition) is 2. The normalized spacial score (nSPS) is 10.9. The van der Waals surface area contributed by atoms with E-state index < -0.39 is 5.97 Å². The van der Waals surface area contributed by atoms with Gasteiger partial charge in [-0.2, -0.15) is 0 Å². The van der Waals surface area contributed by atoms with Gasteiger partial charge in [-0.1, -0.05) is 11.6 Å². The predicted molar refractivity (Wildman–Crippen MR) is 65.0 cm³/mol. The van der Waals surface area contributed by atoms with E-state index in [2.05, 4.69) is 0 Å². The first-order valence-corrected chi connectivity index (χ1v) is 5.63. The molecule has 1 aromatic carbocycles. The smallest absolute Gasteiger partial charge is 0.317 e. The Labute approximate surface area is 105 Å². The number of likely N-dealkylation sites (N-methyl/N-ethyl adjacent to an activating group) is 1. The molecule has 5 heteroatoms. The molecule has 0 aliphatic rings. The standard InChI is InChI=1S/C12H15ClFNO2/c1-8-5-10(13)9(6-11(8)14)3-4-15(2)7-12(16)17/h5-6H,3-4,7H2,1-2H3,(H,16,17). The van der Waals surface area contributed by atoms with Crippen LogP contribution < -0.4 is 0 Å². The second-order valence-electron chi connectivity index (χ2n) is 4.07. The minimum absolute atomic E-state index is 0.0358. The van der Waals surface area contributed by atoms with Crippen LogP contribution in [0.5, 0.6) is 0 Å². The van der Waals surface area contributed by atoms with Gasteiger partial charge in [-0.25, -0.2) is 4.39 Å². The SMILES string of the molecule is Cc1cc(Cl)c(CCN(C)CC(=O)O)cc1F. The molecule has 0 bridgehead atoms. The lowest BCUT2D eigenvalue weighted by Crippen LogP contribution is -2.27. The molecular weight excluding hydrogens is 245 g/mol. The second-order valence-corrected chi connectivity index (χ2v) is 4.48. The number of aliphatic carboxylic acids is 1. The van der Waals surface area contributed by atoms with Crippen molar-refractivity contribution in [2.75, 3.05) is 20.1 Å². The van der Waals surface area contributed by atoms with Gasteiger partial charge in [-0.15, -0.1) is 0 Å². The summed E-state index contributed by atoms with van der Waals surface area (Å²) in [5, 5.41) is 9.11. The number of aryl methyl sites for hydroxylation is 1. The minimum Gasteiger partial charge on any atom is -0.480 e. The lowest BCUT2D eigenvalue weighted by molar-refractivity contribution is -0.137. The van der Waals surface area contributed by atoms with E-state index in [0.717, 1.165) is 0 Å². The number of hydrogen-bond donors (Lipinski definition) is 1. The molecule has 1 N–H and O–H groups in total. The van der Waals surface area contributed by atoms with Gasteiger partial charge < -0.3 is 5.11 Å². The third-order valence-corrected chi connectivity index (χ3v) is 2.85. The van der Waals surface area contributed by atoms with Gasteiger partial charge in [-0.05, 0) is 43.7 Å². The maximum Gasteiger partial charge on any atom is 0.317 e. The molecular formula is C12H15ClFNO2. The summed E-state index contributed by atoms with van der Waals surface area (Å²) in [4.78, 5) is 12.1. The maximum absolute atomic E-state index is 13.3. The highest BCUT2D eigenvalue weighted by Gasteiger charge is 2.08. The highest BCUT2D eigenvalue weighted by Crippen LogP contribution is 2.20. The highest BCUT2D eigenvalue weighted by molar-refractivity contribution is 6.31. The molecule has 0 saturated heterocycles. The first-order valence-electron chi connectivity index (χ1n) is 5.25. The van der Waals surface area contributed by atoms with Gasteiger partial charge in [0.2, 0.25) is 0 Å². The third kappa shape index (κ3) is 4.32. The van der Waals surface area contributed by atoms with E-state index in [4.69, 9.17) is 16.7 Å². The van der Waals surface area contributed by atoms with E-state index in [1.807, 2.05) is 0 Å². The Morgan fingerprint density at radius 3 is 2.76 bits per heavy atom. The van der Waals surface area contributed by atoms with Crippen molar-refractivity contribution >= 4 is 17.6 Å².